The summed E-state index contributed by atoms with van der Waals surface area (Å²) in [7, 11) is -9.92. The molecule has 0 aromatic carbocycles. The number of unbranched alkanes of at least 4 members (excludes halogenated alkanes) is 46. The number of aliphatic hydroxyl groups is 1. The summed E-state index contributed by atoms with van der Waals surface area (Å²) < 4.78 is 68.5. The van der Waals surface area contributed by atoms with Crippen molar-refractivity contribution in [3.63, 3.8) is 0 Å². The summed E-state index contributed by atoms with van der Waals surface area (Å²) in [5.74, 6) is -1.34. The molecule has 0 aliphatic heterocycles. The zero-order valence-corrected chi connectivity index (χ0v) is 65.2. The Morgan fingerprint density at radius 1 is 0.316 bits per heavy atom. The van der Waals surface area contributed by atoms with E-state index in [9.17, 15) is 43.2 Å². The van der Waals surface area contributed by atoms with E-state index in [1.807, 2.05) is 0 Å². The van der Waals surface area contributed by atoms with Gasteiger partial charge in [-0.25, -0.2) is 9.13 Å². The maximum atomic E-state index is 13.1. The number of carbonyl (C=O) groups is 4. The first-order valence-electron chi connectivity index (χ1n) is 40.5. The maximum Gasteiger partial charge on any atom is 0.472 e. The fraction of sp³-hybridized carbons (Fsp3) is 0.899. The Hall–Kier alpha value is -2.46. The molecule has 0 saturated heterocycles. The van der Waals surface area contributed by atoms with Gasteiger partial charge in [-0.1, -0.05) is 341 Å². The molecule has 0 aromatic heterocycles. The average molecular weight is 1430 g/mol. The molecule has 0 aliphatic rings. The molecule has 98 heavy (non-hydrogen) atoms. The average Bonchev–Trinajstić information content (AvgIpc) is 0.988. The lowest BCUT2D eigenvalue weighted by molar-refractivity contribution is -0.161. The van der Waals surface area contributed by atoms with Crippen molar-refractivity contribution < 1.29 is 80.2 Å². The van der Waals surface area contributed by atoms with Crippen LogP contribution < -0.4 is 0 Å². The van der Waals surface area contributed by atoms with Gasteiger partial charge in [-0.05, 0) is 57.3 Å². The number of hydrogen-bond acceptors (Lipinski definition) is 15. The van der Waals surface area contributed by atoms with Crippen LogP contribution in [0.5, 0.6) is 0 Å². The van der Waals surface area contributed by atoms with Gasteiger partial charge in [-0.15, -0.1) is 0 Å². The number of phosphoric acid groups is 2. The summed E-state index contributed by atoms with van der Waals surface area (Å²) in [6, 6.07) is 0. The van der Waals surface area contributed by atoms with Crippen LogP contribution in [0.2, 0.25) is 0 Å². The number of phosphoric ester groups is 2. The lowest BCUT2D eigenvalue weighted by Crippen LogP contribution is -2.30. The van der Waals surface area contributed by atoms with Gasteiger partial charge in [0.1, 0.15) is 19.3 Å². The number of allylic oxidation sites excluding steroid dienone is 4. The molecule has 0 amide bonds. The molecule has 0 saturated carbocycles. The van der Waals surface area contributed by atoms with E-state index in [1.165, 1.54) is 199 Å². The first-order chi connectivity index (χ1) is 47.5. The van der Waals surface area contributed by atoms with Gasteiger partial charge in [0.15, 0.2) is 12.2 Å². The van der Waals surface area contributed by atoms with Crippen molar-refractivity contribution in [1.29, 1.82) is 0 Å². The van der Waals surface area contributed by atoms with Crippen molar-refractivity contribution in [3.05, 3.63) is 24.3 Å². The van der Waals surface area contributed by atoms with Crippen molar-refractivity contribution in [2.24, 2.45) is 5.92 Å². The van der Waals surface area contributed by atoms with E-state index in [4.69, 9.17) is 37.0 Å². The first-order valence-corrected chi connectivity index (χ1v) is 43.4. The Morgan fingerprint density at radius 3 is 0.837 bits per heavy atom. The van der Waals surface area contributed by atoms with Gasteiger partial charge in [0.05, 0.1) is 26.4 Å². The first kappa shape index (κ1) is 95.5. The van der Waals surface area contributed by atoms with E-state index in [0.717, 1.165) is 115 Å². The van der Waals surface area contributed by atoms with E-state index in [0.29, 0.717) is 25.7 Å². The zero-order chi connectivity index (χ0) is 71.9. The van der Waals surface area contributed by atoms with Gasteiger partial charge in [0.2, 0.25) is 0 Å². The minimum absolute atomic E-state index is 0.0852. The number of aliphatic hydroxyl groups excluding tert-OH is 1. The zero-order valence-electron chi connectivity index (χ0n) is 63.4. The van der Waals surface area contributed by atoms with Crippen LogP contribution in [-0.4, -0.2) is 96.7 Å². The molecule has 0 radical (unpaired) electrons. The quantitative estimate of drug-likeness (QED) is 0.0169. The molecule has 0 spiro atoms. The predicted octanol–water partition coefficient (Wildman–Crippen LogP) is 23.2. The molecule has 0 heterocycles. The second-order valence-electron chi connectivity index (χ2n) is 28.2. The Bertz CT molecular complexity index is 1970. The molecule has 2 unspecified atom stereocenters. The molecule has 0 aliphatic carbocycles. The fourth-order valence-electron chi connectivity index (χ4n) is 11.7. The molecule has 3 N–H and O–H groups in total. The van der Waals surface area contributed by atoms with Crippen LogP contribution >= 0.6 is 15.6 Å². The van der Waals surface area contributed by atoms with E-state index >= 15 is 0 Å². The highest BCUT2D eigenvalue weighted by molar-refractivity contribution is 7.47. The summed E-state index contributed by atoms with van der Waals surface area (Å²) in [6.45, 7) is 7.25. The molecule has 5 atom stereocenters. The molecular formula is C79H150O17P2. The minimum atomic E-state index is -4.96. The highest BCUT2D eigenvalue weighted by Crippen LogP contribution is 2.45. The van der Waals surface area contributed by atoms with Gasteiger partial charge < -0.3 is 33.8 Å². The minimum Gasteiger partial charge on any atom is -0.462 e. The van der Waals surface area contributed by atoms with Crippen LogP contribution in [0.3, 0.4) is 0 Å². The van der Waals surface area contributed by atoms with Gasteiger partial charge in [0, 0.05) is 25.7 Å². The summed E-state index contributed by atoms with van der Waals surface area (Å²) in [4.78, 5) is 72.8. The Kier molecular flexibility index (Phi) is 69.7. The molecule has 19 heteroatoms. The molecule has 0 fully saturated rings. The number of rotatable bonds is 77. The second-order valence-corrected chi connectivity index (χ2v) is 31.2. The van der Waals surface area contributed by atoms with Gasteiger partial charge in [-0.3, -0.25) is 37.3 Å². The van der Waals surface area contributed by atoms with Crippen LogP contribution in [0.1, 0.15) is 394 Å². The van der Waals surface area contributed by atoms with Gasteiger partial charge >= 0.3 is 39.5 Å². The standard InChI is InChI=1S/C79H150O17P2/c1-6-9-12-15-18-21-23-25-27-28-32-35-39-43-48-53-58-63-77(82)90-69-75(96-79(84)65-60-55-50-45-41-37-33-29-31-34-38-42-46-51-56-61-72(4)5)71-94-98(87,88)92-67-73(80)66-91-97(85,86)93-70-74(68-89-76(81)62-57-52-47-20-17-14-11-8-3)95-78(83)64-59-54-49-44-40-36-30-26-24-22-19-16-13-10-7-2/h22,24,26,30,72-75,80H,6-21,23,25,27-29,31-71H2,1-5H3,(H,85,86)(H,87,88)/b24-22-,30-26-/t73-,74+,75+/m0/s1. The predicted molar refractivity (Wildman–Crippen MR) is 400 cm³/mol. The second kappa shape index (κ2) is 71.5. The molecule has 0 aromatic rings. The van der Waals surface area contributed by atoms with E-state index in [1.54, 1.807) is 0 Å². The molecular weight excluding hydrogens is 1280 g/mol. The number of esters is 4. The number of ether oxygens (including phenoxy) is 4. The van der Waals surface area contributed by atoms with Crippen molar-refractivity contribution in [2.75, 3.05) is 39.6 Å². The van der Waals surface area contributed by atoms with Crippen molar-refractivity contribution in [2.45, 2.75) is 412 Å². The normalized spacial score (nSPS) is 14.1. The Morgan fingerprint density at radius 2 is 0.551 bits per heavy atom. The smallest absolute Gasteiger partial charge is 0.462 e. The molecule has 578 valence electrons. The Balaban J connectivity index is 5.24. The lowest BCUT2D eigenvalue weighted by atomic mass is 10.0. The van der Waals surface area contributed by atoms with Crippen molar-refractivity contribution in [3.8, 4) is 0 Å². The highest BCUT2D eigenvalue weighted by atomic mass is 31.2. The summed E-state index contributed by atoms with van der Waals surface area (Å²) in [5, 5.41) is 10.6. The third kappa shape index (κ3) is 71.9. The van der Waals surface area contributed by atoms with Crippen LogP contribution in [0.25, 0.3) is 0 Å². The summed E-state index contributed by atoms with van der Waals surface area (Å²) in [5.41, 5.74) is 0. The summed E-state index contributed by atoms with van der Waals surface area (Å²) in [6.07, 6.45) is 64.7. The van der Waals surface area contributed by atoms with Crippen molar-refractivity contribution >= 4 is 39.5 Å². The SMILES string of the molecule is CCCCCC/C=C\C=C/CCCCCCCC(=O)O[C@H](COC(=O)CCCCCCCCCC)COP(=O)(O)OC[C@H](O)COP(=O)(O)OC[C@@H](COC(=O)CCCCCCCCCCCCCCCCCCC)OC(=O)CCCCCCCCCCCCCCCCCC(C)C. The Labute approximate surface area is 599 Å². The van der Waals surface area contributed by atoms with E-state index < -0.39 is 97.5 Å². The lowest BCUT2D eigenvalue weighted by Gasteiger charge is -2.21. The third-order valence-electron chi connectivity index (χ3n) is 17.9. The van der Waals surface area contributed by atoms with Crippen LogP contribution in [0.15, 0.2) is 24.3 Å². The largest absolute Gasteiger partial charge is 0.472 e. The highest BCUT2D eigenvalue weighted by Gasteiger charge is 2.30. The molecule has 0 bridgehead atoms. The maximum absolute atomic E-state index is 13.1. The van der Waals surface area contributed by atoms with Crippen LogP contribution in [0.4, 0.5) is 0 Å². The van der Waals surface area contributed by atoms with Crippen molar-refractivity contribution in [1.82, 2.24) is 0 Å². The fourth-order valence-corrected chi connectivity index (χ4v) is 13.3. The van der Waals surface area contributed by atoms with E-state index in [2.05, 4.69) is 58.9 Å². The van der Waals surface area contributed by atoms with E-state index in [-0.39, 0.29) is 25.7 Å². The topological polar surface area (TPSA) is 237 Å². The molecule has 0 rings (SSSR count). The third-order valence-corrected chi connectivity index (χ3v) is 19.8. The number of carbonyl (C=O) groups excluding carboxylic acids is 4. The summed E-state index contributed by atoms with van der Waals surface area (Å²) >= 11 is 0. The monoisotopic (exact) mass is 1430 g/mol. The molecule has 17 nitrogen and oxygen atoms in total. The number of hydrogen-bond donors (Lipinski definition) is 3. The van der Waals surface area contributed by atoms with Crippen LogP contribution in [0, 0.1) is 5.92 Å². The van der Waals surface area contributed by atoms with Gasteiger partial charge in [0.25, 0.3) is 0 Å². The van der Waals surface area contributed by atoms with Gasteiger partial charge in [-0.2, -0.15) is 0 Å². The van der Waals surface area contributed by atoms with Crippen LogP contribution in [-0.2, 0) is 65.4 Å².